The molecule has 0 aromatic carbocycles. The van der Waals surface area contributed by atoms with Crippen LogP contribution in [0, 0.1) is 0 Å². The maximum atomic E-state index is 12.7. The van der Waals surface area contributed by atoms with Crippen LogP contribution in [0.1, 0.15) is 15.2 Å². The second kappa shape index (κ2) is 6.10. The molecule has 0 bridgehead atoms. The topological polar surface area (TPSA) is 43.1 Å². The van der Waals surface area contributed by atoms with E-state index in [0.29, 0.717) is 12.1 Å². The summed E-state index contributed by atoms with van der Waals surface area (Å²) in [5.74, 6) is 0.732. The van der Waals surface area contributed by atoms with E-state index in [9.17, 15) is 4.79 Å². The molecule has 3 aromatic rings. The Kier molecular flexibility index (Phi) is 4.17. The Bertz CT molecular complexity index is 790. The standard InChI is InChI=1S/C15H15BrN4OS/c1-18(10-11-5-6-13(16)22-11)15(21)12-9-17-19(2)14(12)20-7-3-4-8-20/h3-9H,10H2,1-2H3. The van der Waals surface area contributed by atoms with Gasteiger partial charge in [0.25, 0.3) is 5.91 Å². The molecule has 1 amide bonds. The van der Waals surface area contributed by atoms with Gasteiger partial charge in [-0.15, -0.1) is 11.3 Å². The Hall–Kier alpha value is -1.86. The van der Waals surface area contributed by atoms with Crippen LogP contribution in [0.2, 0.25) is 0 Å². The summed E-state index contributed by atoms with van der Waals surface area (Å²) in [5, 5.41) is 4.23. The number of thiophene rings is 1. The number of hydrogen-bond acceptors (Lipinski definition) is 3. The van der Waals surface area contributed by atoms with Gasteiger partial charge in [-0.25, -0.2) is 0 Å². The van der Waals surface area contributed by atoms with Gasteiger partial charge in [-0.2, -0.15) is 5.10 Å². The van der Waals surface area contributed by atoms with E-state index in [1.807, 2.05) is 55.3 Å². The Labute approximate surface area is 140 Å². The van der Waals surface area contributed by atoms with Crippen LogP contribution in [-0.2, 0) is 13.6 Å². The quantitative estimate of drug-likeness (QED) is 0.698. The predicted molar refractivity (Wildman–Crippen MR) is 90.4 cm³/mol. The summed E-state index contributed by atoms with van der Waals surface area (Å²) in [4.78, 5) is 15.6. The molecule has 0 atom stereocenters. The molecule has 0 aliphatic carbocycles. The molecule has 3 rings (SSSR count). The number of carbonyl (C=O) groups is 1. The lowest BCUT2D eigenvalue weighted by atomic mass is 10.2. The molecule has 114 valence electrons. The number of aromatic nitrogens is 3. The number of halogens is 1. The van der Waals surface area contributed by atoms with Gasteiger partial charge in [-0.3, -0.25) is 9.48 Å². The summed E-state index contributed by atoms with van der Waals surface area (Å²) >= 11 is 5.08. The van der Waals surface area contributed by atoms with Crippen molar-refractivity contribution in [2.75, 3.05) is 7.05 Å². The lowest BCUT2D eigenvalue weighted by molar-refractivity contribution is 0.0786. The van der Waals surface area contributed by atoms with Crippen LogP contribution in [0.3, 0.4) is 0 Å². The number of rotatable bonds is 4. The molecular weight excluding hydrogens is 364 g/mol. The maximum absolute atomic E-state index is 12.7. The van der Waals surface area contributed by atoms with Gasteiger partial charge in [0.05, 0.1) is 16.5 Å². The molecule has 0 fully saturated rings. The first kappa shape index (κ1) is 15.1. The molecular formula is C15H15BrN4OS. The van der Waals surface area contributed by atoms with Gasteiger partial charge in [-0.1, -0.05) is 0 Å². The van der Waals surface area contributed by atoms with Gasteiger partial charge in [0.15, 0.2) is 0 Å². The summed E-state index contributed by atoms with van der Waals surface area (Å²) in [6.45, 7) is 0.578. The van der Waals surface area contributed by atoms with Gasteiger partial charge < -0.3 is 9.47 Å². The van der Waals surface area contributed by atoms with Gasteiger partial charge in [-0.05, 0) is 40.2 Å². The number of aryl methyl sites for hydroxylation is 1. The van der Waals surface area contributed by atoms with Crippen LogP contribution in [-0.4, -0.2) is 32.2 Å². The highest BCUT2D eigenvalue weighted by molar-refractivity contribution is 9.11. The summed E-state index contributed by atoms with van der Waals surface area (Å²) < 4.78 is 4.68. The monoisotopic (exact) mass is 378 g/mol. The maximum Gasteiger partial charge on any atom is 0.259 e. The van der Waals surface area contributed by atoms with Crippen LogP contribution in [0.5, 0.6) is 0 Å². The van der Waals surface area contributed by atoms with E-state index >= 15 is 0 Å². The molecule has 0 saturated carbocycles. The van der Waals surface area contributed by atoms with E-state index in [1.54, 1.807) is 27.1 Å². The highest BCUT2D eigenvalue weighted by atomic mass is 79.9. The zero-order valence-corrected chi connectivity index (χ0v) is 14.6. The van der Waals surface area contributed by atoms with Crippen molar-refractivity contribution in [1.29, 1.82) is 0 Å². The molecule has 0 radical (unpaired) electrons. The van der Waals surface area contributed by atoms with Crippen LogP contribution >= 0.6 is 27.3 Å². The first-order chi connectivity index (χ1) is 10.6. The normalized spacial score (nSPS) is 10.9. The second-order valence-corrected chi connectivity index (χ2v) is 7.51. The molecule has 0 aliphatic heterocycles. The molecule has 22 heavy (non-hydrogen) atoms. The van der Waals surface area contributed by atoms with Gasteiger partial charge in [0.1, 0.15) is 11.4 Å². The van der Waals surface area contributed by atoms with Crippen molar-refractivity contribution in [3.63, 3.8) is 0 Å². The number of amides is 1. The Balaban J connectivity index is 1.86. The first-order valence-corrected chi connectivity index (χ1v) is 8.32. The Morgan fingerprint density at radius 3 is 2.73 bits per heavy atom. The van der Waals surface area contributed by atoms with Gasteiger partial charge >= 0.3 is 0 Å². The fourth-order valence-electron chi connectivity index (χ4n) is 2.31. The fourth-order valence-corrected chi connectivity index (χ4v) is 3.85. The van der Waals surface area contributed by atoms with Crippen molar-refractivity contribution < 1.29 is 4.79 Å². The van der Waals surface area contributed by atoms with E-state index in [1.165, 1.54) is 0 Å². The average Bonchev–Trinajstić information content (AvgIpc) is 3.19. The average molecular weight is 379 g/mol. The van der Waals surface area contributed by atoms with E-state index in [-0.39, 0.29) is 5.91 Å². The molecule has 0 N–H and O–H groups in total. The van der Waals surface area contributed by atoms with Crippen molar-refractivity contribution in [3.05, 3.63) is 57.1 Å². The zero-order valence-electron chi connectivity index (χ0n) is 12.2. The number of hydrogen-bond donors (Lipinski definition) is 0. The minimum absolute atomic E-state index is 0.0404. The molecule has 0 unspecified atom stereocenters. The fraction of sp³-hybridized carbons (Fsp3) is 0.200. The molecule has 7 heteroatoms. The van der Waals surface area contributed by atoms with Crippen LogP contribution in [0.4, 0.5) is 0 Å². The Morgan fingerprint density at radius 2 is 2.09 bits per heavy atom. The molecule has 0 spiro atoms. The SMILES string of the molecule is CN(Cc1ccc(Br)s1)C(=O)c1cnn(C)c1-n1cccc1. The first-order valence-electron chi connectivity index (χ1n) is 6.71. The molecule has 0 saturated heterocycles. The van der Waals surface area contributed by atoms with Crippen LogP contribution in [0.25, 0.3) is 5.82 Å². The minimum atomic E-state index is -0.0404. The van der Waals surface area contributed by atoms with Crippen molar-refractivity contribution in [2.24, 2.45) is 7.05 Å². The Morgan fingerprint density at radius 1 is 1.36 bits per heavy atom. The van der Waals surface area contributed by atoms with Gasteiger partial charge in [0, 0.05) is 31.4 Å². The smallest absolute Gasteiger partial charge is 0.259 e. The molecule has 3 aromatic heterocycles. The largest absolute Gasteiger partial charge is 0.336 e. The van der Waals surface area contributed by atoms with E-state index in [2.05, 4.69) is 21.0 Å². The van der Waals surface area contributed by atoms with Crippen molar-refractivity contribution in [3.8, 4) is 5.82 Å². The lowest BCUT2D eigenvalue weighted by Gasteiger charge is -2.16. The lowest BCUT2D eigenvalue weighted by Crippen LogP contribution is -2.26. The summed E-state index contributed by atoms with van der Waals surface area (Å²) in [7, 11) is 3.64. The van der Waals surface area contributed by atoms with Gasteiger partial charge in [0.2, 0.25) is 0 Å². The third kappa shape index (κ3) is 2.86. The van der Waals surface area contributed by atoms with E-state index in [0.717, 1.165) is 14.5 Å². The van der Waals surface area contributed by atoms with E-state index < -0.39 is 0 Å². The summed E-state index contributed by atoms with van der Waals surface area (Å²) in [6.07, 6.45) is 5.44. The van der Waals surface area contributed by atoms with Crippen molar-refractivity contribution in [1.82, 2.24) is 19.2 Å². The van der Waals surface area contributed by atoms with Crippen molar-refractivity contribution in [2.45, 2.75) is 6.54 Å². The molecule has 5 nitrogen and oxygen atoms in total. The third-order valence-corrected chi connectivity index (χ3v) is 4.96. The van der Waals surface area contributed by atoms with Crippen molar-refractivity contribution >= 4 is 33.2 Å². The molecule has 0 aliphatic rings. The minimum Gasteiger partial charge on any atom is -0.336 e. The molecule has 3 heterocycles. The highest BCUT2D eigenvalue weighted by Gasteiger charge is 2.21. The van der Waals surface area contributed by atoms with Crippen LogP contribution in [0.15, 0.2) is 46.6 Å². The summed E-state index contributed by atoms with van der Waals surface area (Å²) in [5.41, 5.74) is 0.594. The summed E-state index contributed by atoms with van der Waals surface area (Å²) in [6, 6.07) is 7.87. The number of carbonyl (C=O) groups excluding carboxylic acids is 1. The second-order valence-electron chi connectivity index (χ2n) is 4.96. The number of nitrogens with zero attached hydrogens (tertiary/aromatic N) is 4. The van der Waals surface area contributed by atoms with Crippen LogP contribution < -0.4 is 0 Å². The van der Waals surface area contributed by atoms with E-state index in [4.69, 9.17) is 0 Å². The third-order valence-electron chi connectivity index (χ3n) is 3.36. The zero-order chi connectivity index (χ0) is 15.7. The predicted octanol–water partition coefficient (Wildman–Crippen LogP) is 3.31. The highest BCUT2D eigenvalue weighted by Crippen LogP contribution is 2.24.